The Labute approximate surface area is 161 Å². The molecule has 1 saturated heterocycles. The first-order chi connectivity index (χ1) is 12.6. The first kappa shape index (κ1) is 17.2. The molecule has 4 nitrogen and oxygen atoms in total. The molecule has 0 aliphatic carbocycles. The Morgan fingerprint density at radius 3 is 2.58 bits per heavy atom. The van der Waals surface area contributed by atoms with Crippen molar-refractivity contribution in [3.63, 3.8) is 0 Å². The minimum absolute atomic E-state index is 0.0460. The number of aryl methyl sites for hydroxylation is 1. The summed E-state index contributed by atoms with van der Waals surface area (Å²) >= 11 is 3.20. The van der Waals surface area contributed by atoms with Crippen LogP contribution in [0.3, 0.4) is 0 Å². The molecule has 1 amide bonds. The van der Waals surface area contributed by atoms with Crippen LogP contribution in [0.1, 0.15) is 21.6 Å². The van der Waals surface area contributed by atoms with Crippen molar-refractivity contribution in [2.45, 2.75) is 13.8 Å². The van der Waals surface area contributed by atoms with Crippen molar-refractivity contribution in [3.05, 3.63) is 57.9 Å². The van der Waals surface area contributed by atoms with Crippen molar-refractivity contribution in [1.82, 2.24) is 9.88 Å². The molecule has 4 rings (SSSR count). The first-order valence-electron chi connectivity index (χ1n) is 8.73. The maximum absolute atomic E-state index is 12.8. The fourth-order valence-electron chi connectivity index (χ4n) is 3.28. The summed E-state index contributed by atoms with van der Waals surface area (Å²) in [7, 11) is 0. The van der Waals surface area contributed by atoms with E-state index in [1.807, 2.05) is 27.8 Å². The number of aromatic nitrogens is 1. The van der Waals surface area contributed by atoms with Gasteiger partial charge in [-0.3, -0.25) is 4.79 Å². The van der Waals surface area contributed by atoms with Crippen LogP contribution in [0, 0.1) is 13.8 Å². The average Bonchev–Trinajstić information content (AvgIpc) is 3.35. The second-order valence-corrected chi connectivity index (χ2v) is 8.32. The number of carbonyl (C=O) groups is 1. The molecule has 3 aromatic rings. The molecule has 0 saturated carbocycles. The number of hydrogen-bond acceptors (Lipinski definition) is 5. The van der Waals surface area contributed by atoms with Crippen molar-refractivity contribution in [1.29, 1.82) is 0 Å². The highest BCUT2D eigenvalue weighted by atomic mass is 32.1. The number of hydrogen-bond donors (Lipinski definition) is 0. The number of anilines is 1. The molecule has 3 heterocycles. The molecule has 6 heteroatoms. The summed E-state index contributed by atoms with van der Waals surface area (Å²) in [4.78, 5) is 22.8. The SMILES string of the molecule is Cc1cccc(N2CCN(C(=O)c3csc(-c4cccs4)n3)CC2)c1C. The van der Waals surface area contributed by atoms with Gasteiger partial charge in [-0.2, -0.15) is 0 Å². The second-order valence-electron chi connectivity index (χ2n) is 6.51. The Balaban J connectivity index is 1.43. The molecule has 1 fully saturated rings. The lowest BCUT2D eigenvalue weighted by Crippen LogP contribution is -2.49. The average molecular weight is 384 g/mol. The van der Waals surface area contributed by atoms with Gasteiger partial charge in [-0.05, 0) is 42.5 Å². The molecule has 1 aromatic carbocycles. The summed E-state index contributed by atoms with van der Waals surface area (Å²) in [5.41, 5.74) is 4.49. The number of piperazine rings is 1. The lowest BCUT2D eigenvalue weighted by molar-refractivity contribution is 0.0742. The highest BCUT2D eigenvalue weighted by molar-refractivity contribution is 7.20. The van der Waals surface area contributed by atoms with E-state index < -0.39 is 0 Å². The van der Waals surface area contributed by atoms with E-state index in [2.05, 4.69) is 41.9 Å². The minimum Gasteiger partial charge on any atom is -0.368 e. The second kappa shape index (κ2) is 7.21. The van der Waals surface area contributed by atoms with E-state index in [4.69, 9.17) is 0 Å². The van der Waals surface area contributed by atoms with E-state index in [1.54, 1.807) is 22.7 Å². The molecule has 134 valence electrons. The highest BCUT2D eigenvalue weighted by Crippen LogP contribution is 2.29. The van der Waals surface area contributed by atoms with E-state index >= 15 is 0 Å². The van der Waals surface area contributed by atoms with Gasteiger partial charge < -0.3 is 9.80 Å². The molecule has 1 aliphatic rings. The summed E-state index contributed by atoms with van der Waals surface area (Å²) in [5.74, 6) is 0.0460. The van der Waals surface area contributed by atoms with Gasteiger partial charge in [0.15, 0.2) is 0 Å². The van der Waals surface area contributed by atoms with Gasteiger partial charge in [-0.15, -0.1) is 22.7 Å². The summed E-state index contributed by atoms with van der Waals surface area (Å²) < 4.78 is 0. The maximum Gasteiger partial charge on any atom is 0.273 e. The van der Waals surface area contributed by atoms with E-state index in [9.17, 15) is 4.79 Å². The number of benzene rings is 1. The van der Waals surface area contributed by atoms with E-state index in [-0.39, 0.29) is 5.91 Å². The highest BCUT2D eigenvalue weighted by Gasteiger charge is 2.25. The Morgan fingerprint density at radius 2 is 1.85 bits per heavy atom. The standard InChI is InChI=1S/C20H21N3OS2/c1-14-5-3-6-17(15(14)2)22-8-10-23(11-9-22)20(24)16-13-26-19(21-16)18-7-4-12-25-18/h3-7,12-13H,8-11H2,1-2H3. The largest absolute Gasteiger partial charge is 0.368 e. The van der Waals surface area contributed by atoms with Crippen molar-refractivity contribution in [3.8, 4) is 9.88 Å². The summed E-state index contributed by atoms with van der Waals surface area (Å²) in [5, 5.41) is 4.84. The zero-order chi connectivity index (χ0) is 18.1. The van der Waals surface area contributed by atoms with Crippen molar-refractivity contribution in [2.75, 3.05) is 31.1 Å². The van der Waals surface area contributed by atoms with Crippen LogP contribution in [0.5, 0.6) is 0 Å². The van der Waals surface area contributed by atoms with Gasteiger partial charge in [0.05, 0.1) is 4.88 Å². The van der Waals surface area contributed by atoms with Crippen LogP contribution in [0.2, 0.25) is 0 Å². The van der Waals surface area contributed by atoms with Crippen molar-refractivity contribution >= 4 is 34.3 Å². The molecular formula is C20H21N3OS2. The number of amides is 1. The van der Waals surface area contributed by atoms with Crippen LogP contribution in [-0.4, -0.2) is 42.0 Å². The molecule has 0 radical (unpaired) electrons. The molecule has 0 atom stereocenters. The molecule has 0 unspecified atom stereocenters. The van der Waals surface area contributed by atoms with Gasteiger partial charge in [0.2, 0.25) is 0 Å². The zero-order valence-corrected chi connectivity index (χ0v) is 16.6. The van der Waals surface area contributed by atoms with Crippen LogP contribution >= 0.6 is 22.7 Å². The number of nitrogens with zero attached hydrogens (tertiary/aromatic N) is 3. The summed E-state index contributed by atoms with van der Waals surface area (Å²) in [6.45, 7) is 7.50. The van der Waals surface area contributed by atoms with Crippen LogP contribution in [0.4, 0.5) is 5.69 Å². The molecule has 1 aliphatic heterocycles. The maximum atomic E-state index is 12.8. The molecule has 26 heavy (non-hydrogen) atoms. The number of rotatable bonds is 3. The van der Waals surface area contributed by atoms with E-state index in [0.717, 1.165) is 36.1 Å². The van der Waals surface area contributed by atoms with Gasteiger partial charge >= 0.3 is 0 Å². The predicted octanol–water partition coefficient (Wildman–Crippen LogP) is 4.45. The molecular weight excluding hydrogens is 362 g/mol. The summed E-state index contributed by atoms with van der Waals surface area (Å²) in [6, 6.07) is 10.5. The lowest BCUT2D eigenvalue weighted by Gasteiger charge is -2.36. The monoisotopic (exact) mass is 383 g/mol. The Morgan fingerprint density at radius 1 is 1.04 bits per heavy atom. The third-order valence-electron chi connectivity index (χ3n) is 4.94. The molecule has 0 bridgehead atoms. The van der Waals surface area contributed by atoms with Gasteiger partial charge in [0.25, 0.3) is 5.91 Å². The van der Waals surface area contributed by atoms with Crippen molar-refractivity contribution < 1.29 is 4.79 Å². The zero-order valence-electron chi connectivity index (χ0n) is 14.9. The van der Waals surface area contributed by atoms with Gasteiger partial charge in [-0.25, -0.2) is 4.98 Å². The number of thiophene rings is 1. The predicted molar refractivity (Wildman–Crippen MR) is 109 cm³/mol. The van der Waals surface area contributed by atoms with Gasteiger partial charge in [0, 0.05) is 37.2 Å². The third-order valence-corrected chi connectivity index (χ3v) is 6.82. The third kappa shape index (κ3) is 3.27. The van der Waals surface area contributed by atoms with E-state index in [1.165, 1.54) is 16.8 Å². The van der Waals surface area contributed by atoms with Crippen LogP contribution < -0.4 is 4.90 Å². The van der Waals surface area contributed by atoms with Gasteiger partial charge in [-0.1, -0.05) is 18.2 Å². The lowest BCUT2D eigenvalue weighted by atomic mass is 10.1. The fourth-order valence-corrected chi connectivity index (χ4v) is 4.88. The normalized spacial score (nSPS) is 14.7. The topological polar surface area (TPSA) is 36.4 Å². The molecule has 0 spiro atoms. The summed E-state index contributed by atoms with van der Waals surface area (Å²) in [6.07, 6.45) is 0. The fraction of sp³-hybridized carbons (Fsp3) is 0.300. The van der Waals surface area contributed by atoms with Crippen LogP contribution in [-0.2, 0) is 0 Å². The molecule has 0 N–H and O–H groups in total. The Bertz CT molecular complexity index is 909. The van der Waals surface area contributed by atoms with E-state index in [0.29, 0.717) is 5.69 Å². The first-order valence-corrected chi connectivity index (χ1v) is 10.5. The Hall–Kier alpha value is -2.18. The minimum atomic E-state index is 0.0460. The van der Waals surface area contributed by atoms with Gasteiger partial charge in [0.1, 0.15) is 10.7 Å². The van der Waals surface area contributed by atoms with Crippen LogP contribution in [0.15, 0.2) is 41.1 Å². The smallest absolute Gasteiger partial charge is 0.273 e. The molecule has 2 aromatic heterocycles. The Kier molecular flexibility index (Phi) is 4.78. The van der Waals surface area contributed by atoms with Crippen molar-refractivity contribution in [2.24, 2.45) is 0 Å². The van der Waals surface area contributed by atoms with Crippen LogP contribution in [0.25, 0.3) is 9.88 Å². The quantitative estimate of drug-likeness (QED) is 0.670. The number of carbonyl (C=O) groups excluding carboxylic acids is 1. The number of thiazole rings is 1.